The summed E-state index contributed by atoms with van der Waals surface area (Å²) in [7, 11) is 0. The molecule has 0 radical (unpaired) electrons. The Morgan fingerprint density at radius 1 is 1.29 bits per heavy atom. The van der Waals surface area contributed by atoms with Crippen LogP contribution >= 0.6 is 0 Å². The molecular formula is C12H13NO. The Kier molecular flexibility index (Phi) is 4.21. The molecule has 1 rings (SSSR count). The summed E-state index contributed by atoms with van der Waals surface area (Å²) >= 11 is 0. The van der Waals surface area contributed by atoms with Gasteiger partial charge in [0, 0.05) is 6.08 Å². The zero-order chi connectivity index (χ0) is 10.2. The predicted molar refractivity (Wildman–Crippen MR) is 58.4 cm³/mol. The Balaban J connectivity index is 2.52. The van der Waals surface area contributed by atoms with Gasteiger partial charge >= 0.3 is 0 Å². The Morgan fingerprint density at radius 2 is 2.00 bits per heavy atom. The fraction of sp³-hybridized carbons (Fsp3) is 0.0833. The average molecular weight is 187 g/mol. The van der Waals surface area contributed by atoms with Crippen LogP contribution in [0.1, 0.15) is 12.5 Å². The fourth-order valence-electron chi connectivity index (χ4n) is 0.950. The zero-order valence-electron chi connectivity index (χ0n) is 8.10. The van der Waals surface area contributed by atoms with Gasteiger partial charge in [-0.15, -0.1) is 0 Å². The van der Waals surface area contributed by atoms with Crippen molar-refractivity contribution in [3.8, 4) is 0 Å². The number of rotatable bonds is 3. The maximum absolute atomic E-state index is 11.1. The molecule has 0 spiro atoms. The molecule has 2 nitrogen and oxygen atoms in total. The highest BCUT2D eigenvalue weighted by molar-refractivity contribution is 5.92. The van der Waals surface area contributed by atoms with Crippen molar-refractivity contribution in [1.29, 1.82) is 0 Å². The first kappa shape index (κ1) is 10.3. The predicted octanol–water partition coefficient (Wildman–Crippen LogP) is 2.35. The molecule has 0 aliphatic rings. The standard InChI is InChI=1S/C12H13NO/c1-2-10-13-12(14)9-8-11-6-4-3-5-7-11/h2-10H,1H3,(H,13,14)/b9-8+,10-2-. The van der Waals surface area contributed by atoms with Crippen LogP contribution in [0.5, 0.6) is 0 Å². The number of allylic oxidation sites excluding steroid dienone is 1. The summed E-state index contributed by atoms with van der Waals surface area (Å²) in [4.78, 5) is 11.1. The summed E-state index contributed by atoms with van der Waals surface area (Å²) in [5.41, 5.74) is 1.02. The fourth-order valence-corrected chi connectivity index (χ4v) is 0.950. The van der Waals surface area contributed by atoms with Crippen LogP contribution in [0.2, 0.25) is 0 Å². The van der Waals surface area contributed by atoms with Gasteiger partial charge in [0.1, 0.15) is 0 Å². The van der Waals surface area contributed by atoms with Crippen LogP contribution in [0.25, 0.3) is 6.08 Å². The normalized spacial score (nSPS) is 10.9. The van der Waals surface area contributed by atoms with Crippen molar-refractivity contribution in [2.75, 3.05) is 0 Å². The minimum Gasteiger partial charge on any atom is -0.329 e. The van der Waals surface area contributed by atoms with E-state index in [0.717, 1.165) is 5.56 Å². The molecule has 1 N–H and O–H groups in total. The molecule has 0 fully saturated rings. The van der Waals surface area contributed by atoms with E-state index in [1.807, 2.05) is 37.3 Å². The van der Waals surface area contributed by atoms with E-state index in [1.165, 1.54) is 6.08 Å². The van der Waals surface area contributed by atoms with E-state index < -0.39 is 0 Å². The molecule has 1 aromatic rings. The van der Waals surface area contributed by atoms with Crippen molar-refractivity contribution in [2.45, 2.75) is 6.92 Å². The van der Waals surface area contributed by atoms with Crippen LogP contribution in [0.3, 0.4) is 0 Å². The number of hydrogen-bond acceptors (Lipinski definition) is 1. The Labute approximate surface area is 84.0 Å². The first-order valence-electron chi connectivity index (χ1n) is 4.47. The SMILES string of the molecule is C/C=C\NC(=O)/C=C/c1ccccc1. The van der Waals surface area contributed by atoms with Gasteiger partial charge < -0.3 is 5.32 Å². The lowest BCUT2D eigenvalue weighted by atomic mass is 10.2. The second kappa shape index (κ2) is 5.75. The number of nitrogens with one attached hydrogen (secondary N) is 1. The molecule has 72 valence electrons. The monoisotopic (exact) mass is 187 g/mol. The zero-order valence-corrected chi connectivity index (χ0v) is 8.10. The van der Waals surface area contributed by atoms with Gasteiger partial charge in [0.2, 0.25) is 5.91 Å². The lowest BCUT2D eigenvalue weighted by Gasteiger charge is -1.92. The molecule has 14 heavy (non-hydrogen) atoms. The van der Waals surface area contributed by atoms with Crippen LogP contribution < -0.4 is 5.32 Å². The molecule has 0 aliphatic heterocycles. The molecule has 0 aliphatic carbocycles. The molecule has 1 aromatic carbocycles. The largest absolute Gasteiger partial charge is 0.329 e. The van der Waals surface area contributed by atoms with Crippen LogP contribution in [0.15, 0.2) is 48.7 Å². The number of amides is 1. The highest BCUT2D eigenvalue weighted by Crippen LogP contribution is 2.00. The van der Waals surface area contributed by atoms with Crippen molar-refractivity contribution in [3.63, 3.8) is 0 Å². The van der Waals surface area contributed by atoms with Crippen molar-refractivity contribution in [1.82, 2.24) is 5.32 Å². The van der Waals surface area contributed by atoms with E-state index in [4.69, 9.17) is 0 Å². The van der Waals surface area contributed by atoms with E-state index in [1.54, 1.807) is 18.4 Å². The van der Waals surface area contributed by atoms with Gasteiger partial charge in [0.05, 0.1) is 0 Å². The number of hydrogen-bond donors (Lipinski definition) is 1. The third-order valence-electron chi connectivity index (χ3n) is 1.62. The van der Waals surface area contributed by atoms with E-state index >= 15 is 0 Å². The summed E-state index contributed by atoms with van der Waals surface area (Å²) in [5.74, 6) is -0.119. The van der Waals surface area contributed by atoms with E-state index in [0.29, 0.717) is 0 Å². The minimum absolute atomic E-state index is 0.119. The molecule has 0 aromatic heterocycles. The van der Waals surface area contributed by atoms with Crippen LogP contribution in [-0.4, -0.2) is 5.91 Å². The highest BCUT2D eigenvalue weighted by atomic mass is 16.1. The van der Waals surface area contributed by atoms with Gasteiger partial charge in [-0.05, 0) is 24.8 Å². The quantitative estimate of drug-likeness (QED) is 0.723. The van der Waals surface area contributed by atoms with Gasteiger partial charge in [-0.3, -0.25) is 4.79 Å². The smallest absolute Gasteiger partial charge is 0.247 e. The molecule has 2 heteroatoms. The Morgan fingerprint density at radius 3 is 2.64 bits per heavy atom. The first-order valence-corrected chi connectivity index (χ1v) is 4.47. The van der Waals surface area contributed by atoms with E-state index in [-0.39, 0.29) is 5.91 Å². The lowest BCUT2D eigenvalue weighted by molar-refractivity contribution is -0.115. The van der Waals surface area contributed by atoms with E-state index in [9.17, 15) is 4.79 Å². The summed E-state index contributed by atoms with van der Waals surface area (Å²) in [6.07, 6.45) is 6.67. The first-order chi connectivity index (χ1) is 6.83. The molecule has 0 bridgehead atoms. The van der Waals surface area contributed by atoms with Crippen molar-refractivity contribution in [3.05, 3.63) is 54.2 Å². The third kappa shape index (κ3) is 3.72. The summed E-state index contributed by atoms with van der Waals surface area (Å²) < 4.78 is 0. The summed E-state index contributed by atoms with van der Waals surface area (Å²) in [5, 5.41) is 2.60. The molecular weight excluding hydrogens is 174 g/mol. The minimum atomic E-state index is -0.119. The van der Waals surface area contributed by atoms with Crippen molar-refractivity contribution < 1.29 is 4.79 Å². The lowest BCUT2D eigenvalue weighted by Crippen LogP contribution is -2.12. The number of carbonyl (C=O) groups is 1. The summed E-state index contributed by atoms with van der Waals surface area (Å²) in [6, 6.07) is 9.70. The van der Waals surface area contributed by atoms with Crippen molar-refractivity contribution in [2.24, 2.45) is 0 Å². The Bertz CT molecular complexity index is 339. The average Bonchev–Trinajstić information content (AvgIpc) is 2.25. The van der Waals surface area contributed by atoms with Crippen molar-refractivity contribution >= 4 is 12.0 Å². The topological polar surface area (TPSA) is 29.1 Å². The summed E-state index contributed by atoms with van der Waals surface area (Å²) in [6.45, 7) is 1.85. The van der Waals surface area contributed by atoms with Gasteiger partial charge in [0.15, 0.2) is 0 Å². The second-order valence-electron chi connectivity index (χ2n) is 2.75. The van der Waals surface area contributed by atoms with Crippen LogP contribution in [0.4, 0.5) is 0 Å². The molecule has 0 saturated heterocycles. The molecule has 0 saturated carbocycles. The maximum Gasteiger partial charge on any atom is 0.247 e. The van der Waals surface area contributed by atoms with E-state index in [2.05, 4.69) is 5.32 Å². The van der Waals surface area contributed by atoms with Crippen LogP contribution in [0, 0.1) is 0 Å². The molecule has 0 heterocycles. The number of carbonyl (C=O) groups excluding carboxylic acids is 1. The van der Waals surface area contributed by atoms with Gasteiger partial charge in [0.25, 0.3) is 0 Å². The molecule has 0 atom stereocenters. The Hall–Kier alpha value is -1.83. The maximum atomic E-state index is 11.1. The molecule has 1 amide bonds. The van der Waals surface area contributed by atoms with Gasteiger partial charge in [-0.25, -0.2) is 0 Å². The molecule has 0 unspecified atom stereocenters. The van der Waals surface area contributed by atoms with Crippen LogP contribution in [-0.2, 0) is 4.79 Å². The number of benzene rings is 1. The second-order valence-corrected chi connectivity index (χ2v) is 2.75. The third-order valence-corrected chi connectivity index (χ3v) is 1.62. The highest BCUT2D eigenvalue weighted by Gasteiger charge is 1.89. The van der Waals surface area contributed by atoms with Gasteiger partial charge in [-0.1, -0.05) is 36.4 Å². The van der Waals surface area contributed by atoms with Gasteiger partial charge in [-0.2, -0.15) is 0 Å².